The van der Waals surface area contributed by atoms with Gasteiger partial charge in [0.15, 0.2) is 23.9 Å². The quantitative estimate of drug-likeness (QED) is 0.498. The van der Waals surface area contributed by atoms with Crippen LogP contribution in [0.15, 0.2) is 35.3 Å². The lowest BCUT2D eigenvalue weighted by Crippen LogP contribution is -2.22. The lowest BCUT2D eigenvalue weighted by molar-refractivity contribution is -0.139. The molecule has 0 atom stereocenters. The number of carbonyl (C=O) groups is 2. The maximum absolute atomic E-state index is 14.5. The first kappa shape index (κ1) is 19.4. The molecule has 3 aromatic rings. The van der Waals surface area contributed by atoms with Crippen LogP contribution in [0.3, 0.4) is 0 Å². The summed E-state index contributed by atoms with van der Waals surface area (Å²) in [5, 5.41) is 8.48. The Morgan fingerprint density at radius 3 is 2.70 bits per heavy atom. The van der Waals surface area contributed by atoms with E-state index in [4.69, 9.17) is 19.3 Å². The first-order chi connectivity index (χ1) is 14.3. The van der Waals surface area contributed by atoms with Crippen molar-refractivity contribution in [2.75, 3.05) is 13.2 Å². The van der Waals surface area contributed by atoms with Crippen molar-refractivity contribution in [3.05, 3.63) is 57.9 Å². The van der Waals surface area contributed by atoms with Crippen molar-refractivity contribution in [2.24, 2.45) is 0 Å². The molecule has 2 aromatic carbocycles. The lowest BCUT2D eigenvalue weighted by Gasteiger charge is -2.24. The summed E-state index contributed by atoms with van der Waals surface area (Å²) in [7, 11) is 0. The van der Waals surface area contributed by atoms with Crippen LogP contribution in [0, 0.1) is 11.6 Å². The summed E-state index contributed by atoms with van der Waals surface area (Å²) in [6.45, 7) is 0.965. The van der Waals surface area contributed by atoms with Crippen LogP contribution in [-0.4, -0.2) is 34.8 Å². The fourth-order valence-corrected chi connectivity index (χ4v) is 3.16. The Labute approximate surface area is 166 Å². The monoisotopic (exact) mass is 417 g/mol. The number of aromatic nitrogens is 1. The summed E-state index contributed by atoms with van der Waals surface area (Å²) < 4.78 is 45.4. The number of nitrogens with zero attached hydrogens (tertiary/aromatic N) is 1. The van der Waals surface area contributed by atoms with Crippen molar-refractivity contribution < 1.29 is 37.7 Å². The number of carboxylic acid groups (broad SMARTS) is 1. The first-order valence-corrected chi connectivity index (χ1v) is 8.73. The maximum atomic E-state index is 14.5. The van der Waals surface area contributed by atoms with Crippen molar-refractivity contribution in [2.45, 2.75) is 6.92 Å². The minimum Gasteiger partial charge on any atom is -0.482 e. The standard InChI is InChI=1S/C20H13F2NO7/c1-2-28-20(27)11-7-23-13-4-3-9(29-8-15(24)25)5-14(13)30-19-16(22)12(21)6-10(17(19)23)18(11)26/h3-7H,2,8H2,1H3,(H,24,25). The zero-order valence-electron chi connectivity index (χ0n) is 15.4. The average Bonchev–Trinajstić information content (AvgIpc) is 2.71. The molecule has 0 fully saturated rings. The van der Waals surface area contributed by atoms with Gasteiger partial charge in [0.2, 0.25) is 11.2 Å². The van der Waals surface area contributed by atoms with E-state index in [1.54, 1.807) is 6.92 Å². The van der Waals surface area contributed by atoms with Crippen LogP contribution in [0.2, 0.25) is 0 Å². The number of hydrogen-bond donors (Lipinski definition) is 1. The number of halogens is 2. The van der Waals surface area contributed by atoms with E-state index in [-0.39, 0.29) is 34.6 Å². The molecular weight excluding hydrogens is 404 g/mol. The summed E-state index contributed by atoms with van der Waals surface area (Å²) in [5.74, 6) is -5.18. The number of carboxylic acids is 1. The summed E-state index contributed by atoms with van der Waals surface area (Å²) in [6.07, 6.45) is 1.17. The number of pyridine rings is 1. The Hall–Kier alpha value is -3.95. The van der Waals surface area contributed by atoms with E-state index in [2.05, 4.69) is 0 Å². The van der Waals surface area contributed by atoms with Crippen molar-refractivity contribution in [1.82, 2.24) is 4.57 Å². The van der Waals surface area contributed by atoms with Gasteiger partial charge in [0.1, 0.15) is 16.8 Å². The molecule has 1 N–H and O–H groups in total. The predicted octanol–water partition coefficient (Wildman–Crippen LogP) is 3.01. The second-order valence-corrected chi connectivity index (χ2v) is 6.27. The Morgan fingerprint density at radius 2 is 2.00 bits per heavy atom. The largest absolute Gasteiger partial charge is 0.482 e. The Balaban J connectivity index is 1.99. The molecule has 1 aliphatic rings. The van der Waals surface area contributed by atoms with Crippen molar-refractivity contribution in [3.63, 3.8) is 0 Å². The second kappa shape index (κ2) is 7.14. The molecule has 0 aliphatic carbocycles. The third-order valence-electron chi connectivity index (χ3n) is 4.40. The summed E-state index contributed by atoms with van der Waals surface area (Å²) in [5.41, 5.74) is -0.945. The van der Waals surface area contributed by atoms with Crippen molar-refractivity contribution in [3.8, 4) is 22.9 Å². The van der Waals surface area contributed by atoms with Gasteiger partial charge in [-0.1, -0.05) is 0 Å². The second-order valence-electron chi connectivity index (χ2n) is 6.27. The molecule has 0 bridgehead atoms. The molecule has 1 aliphatic heterocycles. The number of carbonyl (C=O) groups excluding carboxylic acids is 1. The molecule has 154 valence electrons. The van der Waals surface area contributed by atoms with Gasteiger partial charge in [-0.05, 0) is 25.1 Å². The van der Waals surface area contributed by atoms with E-state index in [0.717, 1.165) is 0 Å². The fraction of sp³-hybridized carbons (Fsp3) is 0.150. The van der Waals surface area contributed by atoms with Crippen LogP contribution in [-0.2, 0) is 9.53 Å². The highest BCUT2D eigenvalue weighted by molar-refractivity contribution is 5.97. The first-order valence-electron chi connectivity index (χ1n) is 8.73. The van der Waals surface area contributed by atoms with Gasteiger partial charge in [-0.2, -0.15) is 4.39 Å². The van der Waals surface area contributed by atoms with Gasteiger partial charge in [0, 0.05) is 12.3 Å². The summed E-state index contributed by atoms with van der Waals surface area (Å²) in [4.78, 5) is 35.7. The molecule has 10 heteroatoms. The number of hydrogen-bond acceptors (Lipinski definition) is 6. The van der Waals surface area contributed by atoms with Crippen molar-refractivity contribution in [1.29, 1.82) is 0 Å². The third kappa shape index (κ3) is 3.02. The van der Waals surface area contributed by atoms with Gasteiger partial charge in [-0.3, -0.25) is 4.79 Å². The maximum Gasteiger partial charge on any atom is 0.343 e. The molecule has 2 heterocycles. The molecule has 1 aromatic heterocycles. The number of ether oxygens (including phenoxy) is 3. The van der Waals surface area contributed by atoms with Gasteiger partial charge in [0.25, 0.3) is 0 Å². The van der Waals surface area contributed by atoms with Crippen LogP contribution in [0.4, 0.5) is 8.78 Å². The molecule has 0 spiro atoms. The van der Waals surface area contributed by atoms with E-state index in [9.17, 15) is 23.2 Å². The van der Waals surface area contributed by atoms with E-state index < -0.39 is 41.4 Å². The van der Waals surface area contributed by atoms with E-state index in [1.165, 1.54) is 29.0 Å². The molecule has 0 saturated carbocycles. The highest BCUT2D eigenvalue weighted by Crippen LogP contribution is 2.43. The smallest absolute Gasteiger partial charge is 0.343 e. The summed E-state index contributed by atoms with van der Waals surface area (Å²) in [6, 6.07) is 4.90. The highest BCUT2D eigenvalue weighted by atomic mass is 19.2. The zero-order valence-corrected chi connectivity index (χ0v) is 15.4. The van der Waals surface area contributed by atoms with Crippen LogP contribution >= 0.6 is 0 Å². The van der Waals surface area contributed by atoms with Gasteiger partial charge < -0.3 is 23.9 Å². The van der Waals surface area contributed by atoms with Gasteiger partial charge in [-0.25, -0.2) is 14.0 Å². The topological polar surface area (TPSA) is 104 Å². The molecule has 30 heavy (non-hydrogen) atoms. The van der Waals surface area contributed by atoms with E-state index in [0.29, 0.717) is 11.8 Å². The fourth-order valence-electron chi connectivity index (χ4n) is 3.16. The minimum absolute atomic E-state index is 0.00893. The van der Waals surface area contributed by atoms with E-state index >= 15 is 0 Å². The molecule has 0 amide bonds. The normalized spacial score (nSPS) is 11.6. The predicted molar refractivity (Wildman–Crippen MR) is 98.6 cm³/mol. The lowest BCUT2D eigenvalue weighted by atomic mass is 10.1. The zero-order chi connectivity index (χ0) is 21.6. The number of fused-ring (bicyclic) bond motifs is 2. The van der Waals surface area contributed by atoms with Crippen LogP contribution in [0.25, 0.3) is 16.6 Å². The molecule has 8 nitrogen and oxygen atoms in total. The SMILES string of the molecule is CCOC(=O)c1cn2c3c(c(F)c(F)cc3c1=O)Oc1cc(OCC(=O)O)ccc1-2. The summed E-state index contributed by atoms with van der Waals surface area (Å²) >= 11 is 0. The van der Waals surface area contributed by atoms with Crippen LogP contribution in [0.5, 0.6) is 17.2 Å². The highest BCUT2D eigenvalue weighted by Gasteiger charge is 2.29. The molecule has 0 radical (unpaired) electrons. The minimum atomic E-state index is -1.33. The molecular formula is C20H13F2NO7. The van der Waals surface area contributed by atoms with E-state index in [1.807, 2.05) is 0 Å². The number of aliphatic carboxylic acids is 1. The Morgan fingerprint density at radius 1 is 1.23 bits per heavy atom. The molecule has 0 unspecified atom stereocenters. The molecule has 4 rings (SSSR count). The third-order valence-corrected chi connectivity index (χ3v) is 4.40. The Kier molecular flexibility index (Phi) is 4.61. The molecule has 0 saturated heterocycles. The number of rotatable bonds is 5. The number of esters is 1. The average molecular weight is 417 g/mol. The van der Waals surface area contributed by atoms with Gasteiger partial charge in [0.05, 0.1) is 17.7 Å². The van der Waals surface area contributed by atoms with Gasteiger partial charge in [-0.15, -0.1) is 0 Å². The van der Waals surface area contributed by atoms with Gasteiger partial charge >= 0.3 is 11.9 Å². The number of benzene rings is 2. The van der Waals surface area contributed by atoms with Crippen LogP contribution in [0.1, 0.15) is 17.3 Å². The Bertz CT molecular complexity index is 1280. The van der Waals surface area contributed by atoms with Crippen LogP contribution < -0.4 is 14.9 Å². The van der Waals surface area contributed by atoms with Crippen molar-refractivity contribution >= 4 is 22.8 Å².